The van der Waals surface area contributed by atoms with Gasteiger partial charge in [0.25, 0.3) is 11.8 Å². The van der Waals surface area contributed by atoms with Crippen LogP contribution >= 0.6 is 0 Å². The minimum atomic E-state index is -0.529. The van der Waals surface area contributed by atoms with Crippen LogP contribution in [0.4, 0.5) is 11.4 Å². The first-order valence-electron chi connectivity index (χ1n) is 14.7. The quantitative estimate of drug-likeness (QED) is 0.0772. The van der Waals surface area contributed by atoms with Crippen LogP contribution in [0.5, 0.6) is 23.3 Å². The smallest absolute Gasteiger partial charge is 0.337 e. The number of aryl methyl sites for hydroxylation is 1. The number of aromatic nitrogens is 2. The molecule has 0 atom stereocenters. The number of carbonyl (C=O) groups excluding carboxylic acids is 3. The van der Waals surface area contributed by atoms with Gasteiger partial charge in [-0.1, -0.05) is 35.9 Å². The summed E-state index contributed by atoms with van der Waals surface area (Å²) in [6.07, 6.45) is 0.0756. The zero-order valence-corrected chi connectivity index (χ0v) is 26.2. The number of rotatable bonds is 7. The first-order valence-corrected chi connectivity index (χ1v) is 14.7. The highest BCUT2D eigenvalue weighted by Gasteiger charge is 2.15. The van der Waals surface area contributed by atoms with Gasteiger partial charge in [-0.3, -0.25) is 9.59 Å². The maximum Gasteiger partial charge on any atom is 0.337 e. The molecule has 248 valence electrons. The average Bonchev–Trinajstić information content (AvgIpc) is 3.57. The lowest BCUT2D eigenvalue weighted by atomic mass is 10.1. The number of phenols is 2. The predicted molar refractivity (Wildman–Crippen MR) is 179 cm³/mol. The summed E-state index contributed by atoms with van der Waals surface area (Å²) in [4.78, 5) is 41.0. The third kappa shape index (κ3) is 8.31. The number of aromatic amines is 2. The van der Waals surface area contributed by atoms with Gasteiger partial charge in [-0.05, 0) is 72.6 Å². The van der Waals surface area contributed by atoms with E-state index in [-0.39, 0.29) is 53.0 Å². The molecule has 0 saturated heterocycles. The zero-order chi connectivity index (χ0) is 35.1. The highest BCUT2D eigenvalue weighted by Crippen LogP contribution is 2.37. The molecule has 49 heavy (non-hydrogen) atoms. The second kappa shape index (κ2) is 14.7. The fourth-order valence-corrected chi connectivity index (χ4v) is 4.75. The number of H-pyrrole nitrogens is 2. The Morgan fingerprint density at radius 1 is 0.633 bits per heavy atom. The van der Waals surface area contributed by atoms with E-state index in [1.807, 2.05) is 25.1 Å². The molecule has 6 N–H and O–H groups in total. The van der Waals surface area contributed by atoms with Crippen molar-refractivity contribution in [1.29, 1.82) is 0 Å². The third-order valence-corrected chi connectivity index (χ3v) is 7.19. The van der Waals surface area contributed by atoms with Crippen LogP contribution < -0.4 is 0 Å². The van der Waals surface area contributed by atoms with Crippen molar-refractivity contribution in [2.45, 2.75) is 19.8 Å². The largest absolute Gasteiger partial charge is 0.508 e. The van der Waals surface area contributed by atoms with Gasteiger partial charge >= 0.3 is 5.97 Å². The number of hydrogen-bond acceptors (Lipinski definition) is 10. The Balaban J connectivity index is 0.000000192. The molecular weight excluding hydrogens is 632 g/mol. The minimum Gasteiger partial charge on any atom is -0.508 e. The van der Waals surface area contributed by atoms with E-state index in [1.165, 1.54) is 37.4 Å². The lowest BCUT2D eigenvalue weighted by Gasteiger charge is -1.99. The molecule has 0 spiro atoms. The van der Waals surface area contributed by atoms with Crippen molar-refractivity contribution in [2.24, 2.45) is 20.5 Å². The first kappa shape index (κ1) is 33.5. The molecule has 6 rings (SSSR count). The summed E-state index contributed by atoms with van der Waals surface area (Å²) in [7, 11) is 1.27. The van der Waals surface area contributed by atoms with Crippen LogP contribution in [0.1, 0.15) is 27.0 Å². The molecule has 2 amide bonds. The Bertz CT molecular complexity index is 2220. The van der Waals surface area contributed by atoms with E-state index in [1.54, 1.807) is 36.4 Å². The maximum absolute atomic E-state index is 12.0. The Kier molecular flexibility index (Phi) is 10.1. The molecule has 0 fully saturated rings. The van der Waals surface area contributed by atoms with Gasteiger partial charge in [-0.15, -0.1) is 20.5 Å². The Morgan fingerprint density at radius 2 is 1.08 bits per heavy atom. The molecule has 0 radical (unpaired) electrons. The Labute approximate surface area is 278 Å². The van der Waals surface area contributed by atoms with Crippen LogP contribution in [0.25, 0.3) is 21.8 Å². The van der Waals surface area contributed by atoms with E-state index in [0.717, 1.165) is 16.6 Å². The van der Waals surface area contributed by atoms with Crippen molar-refractivity contribution in [3.05, 3.63) is 107 Å². The number of ether oxygens (including phenoxy) is 1. The van der Waals surface area contributed by atoms with Gasteiger partial charge in [-0.25, -0.2) is 4.79 Å². The number of carbonyl (C=O) groups is 3. The first-order chi connectivity index (χ1) is 23.5. The maximum atomic E-state index is 12.0. The van der Waals surface area contributed by atoms with E-state index in [0.29, 0.717) is 21.9 Å². The van der Waals surface area contributed by atoms with Crippen LogP contribution in [0.15, 0.2) is 105 Å². The fourth-order valence-electron chi connectivity index (χ4n) is 4.75. The van der Waals surface area contributed by atoms with Crippen LogP contribution in [0.2, 0.25) is 0 Å². The van der Waals surface area contributed by atoms with E-state index < -0.39 is 17.8 Å². The van der Waals surface area contributed by atoms with Crippen molar-refractivity contribution in [1.82, 2.24) is 9.97 Å². The number of azo groups is 2. The molecule has 0 aliphatic carbocycles. The standard InChI is InChI=1S/C18H15N3O5.C17H15N3O3/c1-26-18(25)11-4-7-14-13(9-11)16(17(24)19-14)21-20-15(23)8-10-2-5-12(22)6-3-10;1-10-2-7-14-13(8-10)16(17(23)18-14)20-19-15(22)9-11-3-5-12(21)6-4-11/h2-7,9,19,22,24H,8H2,1H3;2-8,18,21,23H,9H2,1H3. The van der Waals surface area contributed by atoms with E-state index >= 15 is 0 Å². The molecule has 0 saturated carbocycles. The van der Waals surface area contributed by atoms with Crippen LogP contribution in [-0.2, 0) is 27.2 Å². The lowest BCUT2D eigenvalue weighted by molar-refractivity contribution is -0.118. The average molecular weight is 663 g/mol. The highest BCUT2D eigenvalue weighted by atomic mass is 16.5. The van der Waals surface area contributed by atoms with Crippen molar-refractivity contribution in [3.8, 4) is 23.3 Å². The van der Waals surface area contributed by atoms with Crippen molar-refractivity contribution in [3.63, 3.8) is 0 Å². The van der Waals surface area contributed by atoms with E-state index in [4.69, 9.17) is 0 Å². The van der Waals surface area contributed by atoms with Gasteiger partial charge in [0.05, 0.1) is 36.5 Å². The topological polar surface area (TPSA) is 222 Å². The summed E-state index contributed by atoms with van der Waals surface area (Å²) in [5, 5.41) is 54.5. The summed E-state index contributed by atoms with van der Waals surface area (Å²) in [6.45, 7) is 1.93. The van der Waals surface area contributed by atoms with Gasteiger partial charge in [0.1, 0.15) is 11.5 Å². The molecule has 14 heteroatoms. The summed E-state index contributed by atoms with van der Waals surface area (Å²) in [6, 6.07) is 22.7. The molecule has 0 unspecified atom stereocenters. The summed E-state index contributed by atoms with van der Waals surface area (Å²) in [5.74, 6) is -1.62. The Morgan fingerprint density at radius 3 is 1.55 bits per heavy atom. The van der Waals surface area contributed by atoms with Crippen LogP contribution in [0, 0.1) is 6.92 Å². The van der Waals surface area contributed by atoms with Crippen molar-refractivity contribution >= 4 is 51.0 Å². The fraction of sp³-hybridized carbons (Fsp3) is 0.114. The number of esters is 1. The second-order valence-electron chi connectivity index (χ2n) is 10.8. The molecule has 0 aliphatic rings. The normalized spacial score (nSPS) is 11.2. The van der Waals surface area contributed by atoms with Gasteiger partial charge in [0.2, 0.25) is 11.8 Å². The van der Waals surface area contributed by atoms with Crippen molar-refractivity contribution < 1.29 is 39.5 Å². The number of hydrogen-bond donors (Lipinski definition) is 6. The lowest BCUT2D eigenvalue weighted by Crippen LogP contribution is -2.00. The number of benzene rings is 4. The molecule has 2 heterocycles. The zero-order valence-electron chi connectivity index (χ0n) is 26.2. The van der Waals surface area contributed by atoms with E-state index in [9.17, 15) is 34.8 Å². The molecule has 2 aromatic heterocycles. The minimum absolute atomic E-state index is 0.000305. The predicted octanol–water partition coefficient (Wildman–Crippen LogP) is 6.96. The molecule has 0 aliphatic heterocycles. The van der Waals surface area contributed by atoms with Crippen LogP contribution in [-0.4, -0.2) is 55.3 Å². The molecule has 6 aromatic rings. The van der Waals surface area contributed by atoms with Crippen molar-refractivity contribution in [2.75, 3.05) is 7.11 Å². The van der Waals surface area contributed by atoms with Gasteiger partial charge in [0, 0.05) is 10.8 Å². The number of amides is 2. The third-order valence-electron chi connectivity index (χ3n) is 7.19. The van der Waals surface area contributed by atoms with Gasteiger partial charge < -0.3 is 35.1 Å². The summed E-state index contributed by atoms with van der Waals surface area (Å²) >= 11 is 0. The number of methoxy groups -OCH3 is 1. The van der Waals surface area contributed by atoms with Gasteiger partial charge in [-0.2, -0.15) is 0 Å². The van der Waals surface area contributed by atoms with E-state index in [2.05, 4.69) is 35.2 Å². The molecule has 4 aromatic carbocycles. The summed E-state index contributed by atoms with van der Waals surface area (Å²) in [5.41, 5.74) is 4.28. The number of fused-ring (bicyclic) bond motifs is 2. The molecule has 0 bridgehead atoms. The number of phenolic OH excluding ortho intramolecular Hbond substituents is 2. The number of nitrogens with zero attached hydrogens (tertiary/aromatic N) is 4. The number of nitrogens with one attached hydrogen (secondary N) is 2. The molecule has 14 nitrogen and oxygen atoms in total. The number of aromatic hydroxyl groups is 4. The SMILES string of the molecule is COC(=O)c1ccc2[nH]c(O)c(N=NC(=O)Cc3ccc(O)cc3)c2c1.Cc1ccc2[nH]c(O)c(N=NC(=O)Cc3ccc(O)cc3)c2c1. The Hall–Kier alpha value is -6.83. The molecular formula is C35H30N6O8. The summed E-state index contributed by atoms with van der Waals surface area (Å²) < 4.78 is 4.67. The van der Waals surface area contributed by atoms with Gasteiger partial charge in [0.15, 0.2) is 11.4 Å². The second-order valence-corrected chi connectivity index (χ2v) is 10.8. The van der Waals surface area contributed by atoms with Crippen LogP contribution in [0.3, 0.4) is 0 Å². The highest BCUT2D eigenvalue weighted by molar-refractivity contribution is 6.00. The monoisotopic (exact) mass is 662 g/mol.